The van der Waals surface area contributed by atoms with Gasteiger partial charge >= 0.3 is 11.9 Å². The molecule has 0 radical (unpaired) electrons. The lowest BCUT2D eigenvalue weighted by molar-refractivity contribution is -0.233. The molecule has 0 unspecified atom stereocenters. The van der Waals surface area contributed by atoms with Crippen LogP contribution < -0.4 is 0 Å². The number of nitrogens with zero attached hydrogens (tertiary/aromatic N) is 1. The SMILES string of the molecule is CC(=O)OC[C@H](N=C=S)[C@H]1O[C@H](OC(C)=O)[C@H]2OC(C)(C)O[C@H]21. The van der Waals surface area contributed by atoms with Gasteiger partial charge in [-0.15, -0.1) is 0 Å². The molecule has 2 fully saturated rings. The fourth-order valence-corrected chi connectivity index (χ4v) is 2.77. The van der Waals surface area contributed by atoms with Gasteiger partial charge < -0.3 is 23.7 Å². The van der Waals surface area contributed by atoms with Crippen LogP contribution in [-0.2, 0) is 33.3 Å². The van der Waals surface area contributed by atoms with Gasteiger partial charge in [0, 0.05) is 13.8 Å². The van der Waals surface area contributed by atoms with Gasteiger partial charge in [-0.2, -0.15) is 0 Å². The molecule has 2 saturated heterocycles. The molecule has 0 bridgehead atoms. The minimum Gasteiger partial charge on any atom is -0.463 e. The summed E-state index contributed by atoms with van der Waals surface area (Å²) < 4.78 is 27.4. The van der Waals surface area contributed by atoms with E-state index in [1.807, 2.05) is 0 Å². The average Bonchev–Trinajstić information content (AvgIpc) is 2.89. The first-order valence-corrected chi connectivity index (χ1v) is 7.53. The third-order valence-corrected chi connectivity index (χ3v) is 3.49. The van der Waals surface area contributed by atoms with E-state index >= 15 is 0 Å². The van der Waals surface area contributed by atoms with E-state index in [0.717, 1.165) is 0 Å². The number of carbonyl (C=O) groups is 2. The van der Waals surface area contributed by atoms with Gasteiger partial charge in [-0.3, -0.25) is 9.59 Å². The number of esters is 2. The van der Waals surface area contributed by atoms with Crippen LogP contribution in [0.5, 0.6) is 0 Å². The first-order chi connectivity index (χ1) is 10.7. The maximum absolute atomic E-state index is 11.2. The van der Waals surface area contributed by atoms with E-state index in [9.17, 15) is 9.59 Å². The lowest BCUT2D eigenvalue weighted by Crippen LogP contribution is -2.40. The van der Waals surface area contributed by atoms with Gasteiger partial charge in [-0.05, 0) is 26.1 Å². The molecule has 128 valence electrons. The van der Waals surface area contributed by atoms with Crippen LogP contribution in [-0.4, -0.2) is 60.1 Å². The van der Waals surface area contributed by atoms with Crippen LogP contribution in [0.3, 0.4) is 0 Å². The van der Waals surface area contributed by atoms with Crippen molar-refractivity contribution in [1.29, 1.82) is 0 Å². The van der Waals surface area contributed by atoms with E-state index in [0.29, 0.717) is 0 Å². The van der Waals surface area contributed by atoms with E-state index in [1.54, 1.807) is 13.8 Å². The van der Waals surface area contributed by atoms with Crippen LogP contribution in [0.15, 0.2) is 4.99 Å². The van der Waals surface area contributed by atoms with Crippen molar-refractivity contribution >= 4 is 29.3 Å². The standard InChI is InChI=1S/C14H19NO7S/c1-7(16)18-5-9(15-6-23)10-11-12(22-14(3,4)21-11)13(20-10)19-8(2)17/h9-13H,5H2,1-4H3/t9-,10+,11-,12-,13-/m0/s1. The van der Waals surface area contributed by atoms with Crippen molar-refractivity contribution in [2.75, 3.05) is 6.61 Å². The van der Waals surface area contributed by atoms with Crippen molar-refractivity contribution < 1.29 is 33.3 Å². The Labute approximate surface area is 139 Å². The normalized spacial score (nSPS) is 32.5. The molecule has 8 nitrogen and oxygen atoms in total. The summed E-state index contributed by atoms with van der Waals surface area (Å²) in [5.74, 6) is -1.81. The molecule has 0 aromatic carbocycles. The minimum atomic E-state index is -0.926. The molecule has 0 aromatic heterocycles. The molecule has 0 saturated carbocycles. The summed E-state index contributed by atoms with van der Waals surface area (Å²) >= 11 is 4.64. The summed E-state index contributed by atoms with van der Waals surface area (Å²) in [5.41, 5.74) is 0. The predicted molar refractivity (Wildman–Crippen MR) is 79.7 cm³/mol. The molecule has 0 spiro atoms. The zero-order chi connectivity index (χ0) is 17.2. The van der Waals surface area contributed by atoms with E-state index in [-0.39, 0.29) is 6.61 Å². The molecule has 0 amide bonds. The van der Waals surface area contributed by atoms with E-state index in [1.165, 1.54) is 13.8 Å². The lowest BCUT2D eigenvalue weighted by atomic mass is 10.0. The Kier molecular flexibility index (Phi) is 5.49. The Morgan fingerprint density at radius 1 is 1.26 bits per heavy atom. The second-order valence-electron chi connectivity index (χ2n) is 5.73. The highest BCUT2D eigenvalue weighted by Crippen LogP contribution is 2.40. The Balaban J connectivity index is 2.20. The van der Waals surface area contributed by atoms with Crippen LogP contribution in [0, 0.1) is 0 Å². The molecule has 2 rings (SSSR count). The summed E-state index contributed by atoms with van der Waals surface area (Å²) in [7, 11) is 0. The molecule has 23 heavy (non-hydrogen) atoms. The molecule has 2 aliphatic rings. The number of fused-ring (bicyclic) bond motifs is 1. The number of rotatable bonds is 5. The number of carbonyl (C=O) groups excluding carboxylic acids is 2. The first-order valence-electron chi connectivity index (χ1n) is 7.12. The molecule has 9 heteroatoms. The third kappa shape index (κ3) is 4.33. The summed E-state index contributed by atoms with van der Waals surface area (Å²) in [5, 5.41) is 2.26. The van der Waals surface area contributed by atoms with Gasteiger partial charge in [0.15, 0.2) is 11.9 Å². The Morgan fingerprint density at radius 3 is 2.48 bits per heavy atom. The largest absolute Gasteiger partial charge is 0.463 e. The molecule has 0 aliphatic carbocycles. The topological polar surface area (TPSA) is 92.7 Å². The minimum absolute atomic E-state index is 0.0521. The van der Waals surface area contributed by atoms with Crippen molar-refractivity contribution in [2.45, 2.75) is 64.1 Å². The van der Waals surface area contributed by atoms with Crippen molar-refractivity contribution in [3.8, 4) is 0 Å². The van der Waals surface area contributed by atoms with Crippen LogP contribution in [0.4, 0.5) is 0 Å². The smallest absolute Gasteiger partial charge is 0.305 e. The van der Waals surface area contributed by atoms with E-state index < -0.39 is 48.4 Å². The fourth-order valence-electron chi connectivity index (χ4n) is 2.64. The first kappa shape index (κ1) is 18.0. The van der Waals surface area contributed by atoms with Gasteiger partial charge in [0.25, 0.3) is 0 Å². The third-order valence-electron chi connectivity index (χ3n) is 3.38. The number of hydrogen-bond acceptors (Lipinski definition) is 9. The van der Waals surface area contributed by atoms with Crippen molar-refractivity contribution in [3.63, 3.8) is 0 Å². The van der Waals surface area contributed by atoms with Crippen LogP contribution in [0.25, 0.3) is 0 Å². The maximum Gasteiger partial charge on any atom is 0.305 e. The zero-order valence-electron chi connectivity index (χ0n) is 13.3. The summed E-state index contributed by atoms with van der Waals surface area (Å²) in [6.45, 7) is 6.01. The number of ether oxygens (including phenoxy) is 5. The van der Waals surface area contributed by atoms with Gasteiger partial charge in [-0.1, -0.05) is 0 Å². The molecular weight excluding hydrogens is 326 g/mol. The lowest BCUT2D eigenvalue weighted by Gasteiger charge is -2.26. The van der Waals surface area contributed by atoms with Gasteiger partial charge in [0.2, 0.25) is 6.29 Å². The molecule has 2 aliphatic heterocycles. The van der Waals surface area contributed by atoms with Crippen molar-refractivity contribution in [1.82, 2.24) is 0 Å². The second kappa shape index (κ2) is 7.02. The van der Waals surface area contributed by atoms with Crippen molar-refractivity contribution in [3.05, 3.63) is 0 Å². The summed E-state index contributed by atoms with van der Waals surface area (Å²) in [6.07, 6.45) is -2.72. The quantitative estimate of drug-likeness (QED) is 0.411. The number of hydrogen-bond donors (Lipinski definition) is 0. The summed E-state index contributed by atoms with van der Waals surface area (Å²) in [4.78, 5) is 26.3. The molecule has 0 aromatic rings. The van der Waals surface area contributed by atoms with E-state index in [2.05, 4.69) is 22.4 Å². The zero-order valence-corrected chi connectivity index (χ0v) is 14.1. The van der Waals surface area contributed by atoms with Crippen LogP contribution in [0.2, 0.25) is 0 Å². The Hall–Kier alpha value is -1.38. The second-order valence-corrected chi connectivity index (χ2v) is 5.92. The molecule has 5 atom stereocenters. The fraction of sp³-hybridized carbons (Fsp3) is 0.786. The Bertz CT molecular complexity index is 531. The number of thiocarbonyl (C=S) groups is 1. The van der Waals surface area contributed by atoms with Crippen molar-refractivity contribution in [2.24, 2.45) is 4.99 Å². The average molecular weight is 345 g/mol. The monoisotopic (exact) mass is 345 g/mol. The predicted octanol–water partition coefficient (Wildman–Crippen LogP) is 0.829. The molecule has 0 N–H and O–H groups in total. The maximum atomic E-state index is 11.2. The Morgan fingerprint density at radius 2 is 1.91 bits per heavy atom. The van der Waals surface area contributed by atoms with E-state index in [4.69, 9.17) is 23.7 Å². The number of isothiocyanates is 1. The van der Waals surface area contributed by atoms with Crippen LogP contribution >= 0.6 is 12.2 Å². The highest BCUT2D eigenvalue weighted by Gasteiger charge is 2.58. The van der Waals surface area contributed by atoms with Crippen LogP contribution in [0.1, 0.15) is 27.7 Å². The molecular formula is C14H19NO7S. The summed E-state index contributed by atoms with van der Waals surface area (Å²) in [6, 6.07) is -0.637. The highest BCUT2D eigenvalue weighted by molar-refractivity contribution is 7.78. The number of aliphatic imine (C=N–C) groups is 1. The van der Waals surface area contributed by atoms with Gasteiger partial charge in [0.05, 0.1) is 5.16 Å². The van der Waals surface area contributed by atoms with Gasteiger partial charge in [-0.25, -0.2) is 4.99 Å². The highest BCUT2D eigenvalue weighted by atomic mass is 32.1. The van der Waals surface area contributed by atoms with Gasteiger partial charge in [0.1, 0.15) is 24.9 Å². The molecule has 2 heterocycles.